The number of aryl methyl sites for hydroxylation is 3. The first-order chi connectivity index (χ1) is 7.85. The van der Waals surface area contributed by atoms with Crippen LogP contribution in [0.1, 0.15) is 37.0 Å². The molecule has 0 amide bonds. The highest BCUT2D eigenvalue weighted by atomic mass is 14.9. The molecule has 3 N–H and O–H groups in total. The molecule has 0 atom stereocenters. The van der Waals surface area contributed by atoms with Gasteiger partial charge in [-0.15, -0.1) is 0 Å². The van der Waals surface area contributed by atoms with Crippen LogP contribution in [0.15, 0.2) is 12.1 Å². The van der Waals surface area contributed by atoms with Crippen LogP contribution in [0.4, 0.5) is 5.69 Å². The van der Waals surface area contributed by atoms with Crippen molar-refractivity contribution >= 4 is 5.69 Å². The summed E-state index contributed by atoms with van der Waals surface area (Å²) in [5, 5.41) is 3.54. The molecule has 0 fully saturated rings. The number of nitrogens with two attached hydrogens (primary N) is 1. The zero-order chi connectivity index (χ0) is 13.1. The molecular formula is C15H26N2. The minimum absolute atomic E-state index is 0.222. The third kappa shape index (κ3) is 4.04. The average Bonchev–Trinajstić information content (AvgIpc) is 2.22. The van der Waals surface area contributed by atoms with Gasteiger partial charge in [0.1, 0.15) is 0 Å². The Morgan fingerprint density at radius 2 is 1.65 bits per heavy atom. The summed E-state index contributed by atoms with van der Waals surface area (Å²) in [4.78, 5) is 0. The highest BCUT2D eigenvalue weighted by Crippen LogP contribution is 2.23. The van der Waals surface area contributed by atoms with Crippen molar-refractivity contribution < 1.29 is 0 Å². The van der Waals surface area contributed by atoms with Gasteiger partial charge in [-0.3, -0.25) is 0 Å². The van der Waals surface area contributed by atoms with E-state index in [9.17, 15) is 0 Å². The lowest BCUT2D eigenvalue weighted by atomic mass is 9.89. The van der Waals surface area contributed by atoms with Crippen LogP contribution >= 0.6 is 0 Å². The Morgan fingerprint density at radius 1 is 1.12 bits per heavy atom. The minimum atomic E-state index is 0.222. The van der Waals surface area contributed by atoms with Gasteiger partial charge >= 0.3 is 0 Å². The van der Waals surface area contributed by atoms with Gasteiger partial charge in [0.15, 0.2) is 0 Å². The maximum atomic E-state index is 5.74. The van der Waals surface area contributed by atoms with Gasteiger partial charge in [-0.1, -0.05) is 31.5 Å². The van der Waals surface area contributed by atoms with Crippen LogP contribution in [0.5, 0.6) is 0 Å². The molecule has 0 heterocycles. The summed E-state index contributed by atoms with van der Waals surface area (Å²) in [5.74, 6) is 0. The van der Waals surface area contributed by atoms with Crippen molar-refractivity contribution in [1.82, 2.24) is 0 Å². The van der Waals surface area contributed by atoms with Crippen molar-refractivity contribution in [1.29, 1.82) is 0 Å². The highest BCUT2D eigenvalue weighted by Gasteiger charge is 2.15. The third-order valence-corrected chi connectivity index (χ3v) is 3.33. The van der Waals surface area contributed by atoms with E-state index in [0.29, 0.717) is 0 Å². The van der Waals surface area contributed by atoms with Crippen molar-refractivity contribution in [3.05, 3.63) is 28.8 Å². The fourth-order valence-electron chi connectivity index (χ4n) is 2.09. The minimum Gasteiger partial charge on any atom is -0.385 e. The van der Waals surface area contributed by atoms with E-state index in [-0.39, 0.29) is 5.41 Å². The van der Waals surface area contributed by atoms with Crippen molar-refractivity contribution in [3.63, 3.8) is 0 Å². The van der Waals surface area contributed by atoms with Crippen LogP contribution in [-0.2, 0) is 0 Å². The third-order valence-electron chi connectivity index (χ3n) is 3.33. The van der Waals surface area contributed by atoms with Crippen LogP contribution in [0.25, 0.3) is 0 Å². The molecule has 0 saturated carbocycles. The van der Waals surface area contributed by atoms with Gasteiger partial charge in [-0.05, 0) is 50.3 Å². The van der Waals surface area contributed by atoms with Gasteiger partial charge in [-0.2, -0.15) is 0 Å². The van der Waals surface area contributed by atoms with Crippen molar-refractivity contribution in [2.45, 2.75) is 41.0 Å². The molecule has 0 spiro atoms. The topological polar surface area (TPSA) is 38.0 Å². The Balaban J connectivity index is 2.64. The molecule has 0 aliphatic heterocycles. The molecule has 0 saturated heterocycles. The second-order valence-electron chi connectivity index (χ2n) is 5.82. The van der Waals surface area contributed by atoms with Crippen LogP contribution in [0.2, 0.25) is 0 Å². The van der Waals surface area contributed by atoms with Crippen LogP contribution in [0, 0.1) is 26.2 Å². The van der Waals surface area contributed by atoms with E-state index in [0.717, 1.165) is 19.5 Å². The summed E-state index contributed by atoms with van der Waals surface area (Å²) in [7, 11) is 0. The van der Waals surface area contributed by atoms with E-state index in [1.54, 1.807) is 0 Å². The first-order valence-electron chi connectivity index (χ1n) is 6.37. The van der Waals surface area contributed by atoms with E-state index in [1.165, 1.54) is 22.4 Å². The smallest absolute Gasteiger partial charge is 0.0399 e. The van der Waals surface area contributed by atoms with Gasteiger partial charge in [0, 0.05) is 12.2 Å². The number of rotatable bonds is 5. The van der Waals surface area contributed by atoms with E-state index in [1.807, 2.05) is 0 Å². The summed E-state index contributed by atoms with van der Waals surface area (Å²) >= 11 is 0. The van der Waals surface area contributed by atoms with E-state index >= 15 is 0 Å². The van der Waals surface area contributed by atoms with Gasteiger partial charge in [0.2, 0.25) is 0 Å². The zero-order valence-electron chi connectivity index (χ0n) is 11.9. The van der Waals surface area contributed by atoms with Crippen LogP contribution in [-0.4, -0.2) is 13.1 Å². The molecule has 17 heavy (non-hydrogen) atoms. The lowest BCUT2D eigenvalue weighted by Crippen LogP contribution is -2.26. The summed E-state index contributed by atoms with van der Waals surface area (Å²) in [6, 6.07) is 4.45. The Bertz CT molecular complexity index is 358. The van der Waals surface area contributed by atoms with Crippen molar-refractivity contribution in [2.24, 2.45) is 11.1 Å². The molecule has 0 unspecified atom stereocenters. The Hall–Kier alpha value is -1.02. The predicted molar refractivity (Wildman–Crippen MR) is 76.6 cm³/mol. The maximum absolute atomic E-state index is 5.74. The largest absolute Gasteiger partial charge is 0.385 e. The van der Waals surface area contributed by atoms with E-state index in [4.69, 9.17) is 5.73 Å². The molecule has 1 rings (SSSR count). The molecule has 0 aromatic heterocycles. The predicted octanol–water partition coefficient (Wildman–Crippen LogP) is 3.40. The first-order valence-corrected chi connectivity index (χ1v) is 6.37. The lowest BCUT2D eigenvalue weighted by Gasteiger charge is -2.23. The Morgan fingerprint density at radius 3 is 2.12 bits per heavy atom. The van der Waals surface area contributed by atoms with Crippen LogP contribution in [0.3, 0.4) is 0 Å². The summed E-state index contributed by atoms with van der Waals surface area (Å²) in [6.07, 6.45) is 1.09. The van der Waals surface area contributed by atoms with E-state index < -0.39 is 0 Å². The number of hydrogen-bond donors (Lipinski definition) is 2. The number of hydrogen-bond acceptors (Lipinski definition) is 2. The average molecular weight is 234 g/mol. The molecular weight excluding hydrogens is 208 g/mol. The molecule has 0 aliphatic rings. The summed E-state index contributed by atoms with van der Waals surface area (Å²) in [6.45, 7) is 12.6. The zero-order valence-corrected chi connectivity index (χ0v) is 11.9. The van der Waals surface area contributed by atoms with Crippen molar-refractivity contribution in [2.75, 3.05) is 18.4 Å². The molecule has 0 radical (unpaired) electrons. The summed E-state index contributed by atoms with van der Waals surface area (Å²) < 4.78 is 0. The molecule has 0 bridgehead atoms. The molecule has 2 heteroatoms. The number of anilines is 1. The molecule has 0 aliphatic carbocycles. The summed E-state index contributed by atoms with van der Waals surface area (Å²) in [5.41, 5.74) is 11.2. The van der Waals surface area contributed by atoms with Gasteiger partial charge in [0.25, 0.3) is 0 Å². The van der Waals surface area contributed by atoms with Crippen molar-refractivity contribution in [3.8, 4) is 0 Å². The van der Waals surface area contributed by atoms with E-state index in [2.05, 4.69) is 52.1 Å². The fraction of sp³-hybridized carbons (Fsp3) is 0.600. The number of benzene rings is 1. The standard InChI is InChI=1S/C15H26N2/c1-11-8-12(2)14(13(3)9-11)17-7-6-15(4,5)10-16/h8-9,17H,6-7,10,16H2,1-5H3. The highest BCUT2D eigenvalue weighted by molar-refractivity contribution is 5.58. The maximum Gasteiger partial charge on any atom is 0.0399 e. The van der Waals surface area contributed by atoms with Crippen LogP contribution < -0.4 is 11.1 Å². The Kier molecular flexibility index (Phi) is 4.58. The first kappa shape index (κ1) is 14.0. The monoisotopic (exact) mass is 234 g/mol. The lowest BCUT2D eigenvalue weighted by molar-refractivity contribution is 0.358. The van der Waals surface area contributed by atoms with Gasteiger partial charge in [-0.25, -0.2) is 0 Å². The molecule has 1 aromatic carbocycles. The quantitative estimate of drug-likeness (QED) is 0.819. The molecule has 2 nitrogen and oxygen atoms in total. The second kappa shape index (κ2) is 5.54. The normalized spacial score (nSPS) is 11.6. The van der Waals surface area contributed by atoms with Gasteiger partial charge < -0.3 is 11.1 Å². The molecule has 96 valence electrons. The SMILES string of the molecule is Cc1cc(C)c(NCCC(C)(C)CN)c(C)c1. The second-order valence-corrected chi connectivity index (χ2v) is 5.82. The van der Waals surface area contributed by atoms with Gasteiger partial charge in [0.05, 0.1) is 0 Å². The molecule has 1 aromatic rings. The number of nitrogens with one attached hydrogen (secondary N) is 1. The fourth-order valence-corrected chi connectivity index (χ4v) is 2.09. The Labute approximate surface area is 106 Å².